The summed E-state index contributed by atoms with van der Waals surface area (Å²) in [6.07, 6.45) is 0. The number of carbonyl (C=O) groups is 1. The third-order valence-corrected chi connectivity index (χ3v) is 7.32. The molecule has 0 spiro atoms. The van der Waals surface area contributed by atoms with Crippen molar-refractivity contribution in [2.75, 3.05) is 39.8 Å². The number of nitrogens with one attached hydrogen (secondary N) is 1. The van der Waals surface area contributed by atoms with Crippen LogP contribution in [0.25, 0.3) is 0 Å². The third kappa shape index (κ3) is 5.07. The van der Waals surface area contributed by atoms with Gasteiger partial charge in [0.2, 0.25) is 10.0 Å². The van der Waals surface area contributed by atoms with Crippen LogP contribution < -0.4 is 4.90 Å². The molecular formula is C21H30N3O4S+. The Balaban J connectivity index is 1.56. The molecule has 0 saturated carbocycles. The van der Waals surface area contributed by atoms with Gasteiger partial charge in [-0.25, -0.2) is 8.42 Å². The van der Waals surface area contributed by atoms with Crippen LogP contribution >= 0.6 is 0 Å². The molecule has 1 amide bonds. The number of hydrogen-bond acceptors (Lipinski definition) is 4. The number of carbonyl (C=O) groups excluding carboxylic acids is 1. The molecule has 29 heavy (non-hydrogen) atoms. The molecule has 1 unspecified atom stereocenters. The standard InChI is InChI=1S/C21H29N3O4S/c1-16-5-8-20(17(2)13-16)29(26,27)24-11-9-23(10-12-24)21(25)15-22(4)14-19-7-6-18(3)28-19/h5-8,13H,9-12,14-15H2,1-4H3/p+1. The van der Waals surface area contributed by atoms with Crippen LogP contribution in [0.3, 0.4) is 0 Å². The van der Waals surface area contributed by atoms with Crippen molar-refractivity contribution in [3.8, 4) is 0 Å². The lowest BCUT2D eigenvalue weighted by atomic mass is 10.2. The highest BCUT2D eigenvalue weighted by molar-refractivity contribution is 7.89. The maximum atomic E-state index is 13.0. The van der Waals surface area contributed by atoms with E-state index in [0.717, 1.165) is 27.5 Å². The summed E-state index contributed by atoms with van der Waals surface area (Å²) < 4.78 is 33.0. The summed E-state index contributed by atoms with van der Waals surface area (Å²) in [5.74, 6) is 1.76. The normalized spacial score (nSPS) is 16.8. The fourth-order valence-electron chi connectivity index (χ4n) is 3.72. The predicted octanol–water partition coefficient (Wildman–Crippen LogP) is 0.753. The predicted molar refractivity (Wildman–Crippen MR) is 110 cm³/mol. The Morgan fingerprint density at radius 3 is 2.34 bits per heavy atom. The van der Waals surface area contributed by atoms with E-state index in [9.17, 15) is 13.2 Å². The Morgan fingerprint density at radius 1 is 1.07 bits per heavy atom. The van der Waals surface area contributed by atoms with Crippen molar-refractivity contribution in [2.45, 2.75) is 32.2 Å². The SMILES string of the molecule is Cc1ccc(S(=O)(=O)N2CCN(C(=O)C[NH+](C)Cc3ccc(C)o3)CC2)c(C)c1. The van der Waals surface area contributed by atoms with Crippen molar-refractivity contribution < 1.29 is 22.5 Å². The van der Waals surface area contributed by atoms with Gasteiger partial charge in [0.15, 0.2) is 12.3 Å². The molecule has 2 aromatic rings. The first kappa shape index (κ1) is 21.5. The van der Waals surface area contributed by atoms with E-state index in [1.54, 1.807) is 11.0 Å². The maximum absolute atomic E-state index is 13.0. The van der Waals surface area contributed by atoms with Gasteiger partial charge in [0.1, 0.15) is 12.3 Å². The van der Waals surface area contributed by atoms with Gasteiger partial charge in [-0.05, 0) is 44.5 Å². The van der Waals surface area contributed by atoms with E-state index in [0.29, 0.717) is 44.2 Å². The Morgan fingerprint density at radius 2 is 1.76 bits per heavy atom. The number of piperazine rings is 1. The van der Waals surface area contributed by atoms with Crippen molar-refractivity contribution in [3.63, 3.8) is 0 Å². The zero-order valence-electron chi connectivity index (χ0n) is 17.6. The number of hydrogen-bond donors (Lipinski definition) is 1. The number of benzene rings is 1. The lowest BCUT2D eigenvalue weighted by Gasteiger charge is -2.34. The van der Waals surface area contributed by atoms with Crippen LogP contribution in [0.1, 0.15) is 22.6 Å². The Hall–Kier alpha value is -2.16. The molecule has 1 atom stereocenters. The fourth-order valence-corrected chi connectivity index (χ4v) is 5.34. The van der Waals surface area contributed by atoms with Gasteiger partial charge in [-0.2, -0.15) is 4.31 Å². The zero-order valence-corrected chi connectivity index (χ0v) is 18.4. The summed E-state index contributed by atoms with van der Waals surface area (Å²) in [6.45, 7) is 8.11. The molecule has 1 aromatic carbocycles. The number of rotatable bonds is 6. The van der Waals surface area contributed by atoms with E-state index >= 15 is 0 Å². The molecule has 1 aromatic heterocycles. The van der Waals surface area contributed by atoms with Gasteiger partial charge in [-0.1, -0.05) is 17.7 Å². The molecule has 1 N–H and O–H groups in total. The van der Waals surface area contributed by atoms with E-state index in [4.69, 9.17) is 4.42 Å². The molecule has 0 aliphatic carbocycles. The number of amides is 1. The smallest absolute Gasteiger partial charge is 0.277 e. The third-order valence-electron chi connectivity index (χ3n) is 5.26. The quantitative estimate of drug-likeness (QED) is 0.749. The van der Waals surface area contributed by atoms with Gasteiger partial charge in [-0.15, -0.1) is 0 Å². The van der Waals surface area contributed by atoms with Crippen LogP contribution in [-0.4, -0.2) is 63.3 Å². The molecule has 7 nitrogen and oxygen atoms in total. The second-order valence-corrected chi connectivity index (χ2v) is 9.78. The molecule has 1 fully saturated rings. The Labute approximate surface area is 172 Å². The lowest BCUT2D eigenvalue weighted by Crippen LogP contribution is -3.08. The molecule has 3 rings (SSSR count). The summed E-state index contributed by atoms with van der Waals surface area (Å²) in [6, 6.07) is 9.22. The molecule has 1 saturated heterocycles. The average molecular weight is 421 g/mol. The molecule has 8 heteroatoms. The first-order chi connectivity index (χ1) is 13.7. The topological polar surface area (TPSA) is 75.3 Å². The second kappa shape index (κ2) is 8.69. The van der Waals surface area contributed by atoms with Crippen LogP contribution in [-0.2, 0) is 21.4 Å². The van der Waals surface area contributed by atoms with Crippen LogP contribution in [0.2, 0.25) is 0 Å². The number of furan rings is 1. The number of quaternary nitrogens is 1. The lowest BCUT2D eigenvalue weighted by molar-refractivity contribution is -0.886. The van der Waals surface area contributed by atoms with Gasteiger partial charge in [0, 0.05) is 26.2 Å². The zero-order chi connectivity index (χ0) is 21.2. The molecule has 158 valence electrons. The van der Waals surface area contributed by atoms with Crippen LogP contribution in [0.4, 0.5) is 0 Å². The van der Waals surface area contributed by atoms with Gasteiger partial charge in [0.05, 0.1) is 11.9 Å². The largest absolute Gasteiger partial charge is 0.460 e. The number of aryl methyl sites for hydroxylation is 3. The van der Waals surface area contributed by atoms with E-state index in [1.807, 2.05) is 52.1 Å². The number of nitrogens with zero attached hydrogens (tertiary/aromatic N) is 2. The first-order valence-corrected chi connectivity index (χ1v) is 11.3. The van der Waals surface area contributed by atoms with Crippen LogP contribution in [0, 0.1) is 20.8 Å². The Kier molecular flexibility index (Phi) is 6.45. The van der Waals surface area contributed by atoms with E-state index in [1.165, 1.54) is 4.31 Å². The highest BCUT2D eigenvalue weighted by Crippen LogP contribution is 2.22. The summed E-state index contributed by atoms with van der Waals surface area (Å²) in [4.78, 5) is 15.8. The maximum Gasteiger partial charge on any atom is 0.277 e. The molecule has 2 heterocycles. The van der Waals surface area contributed by atoms with Crippen molar-refractivity contribution in [1.29, 1.82) is 0 Å². The number of sulfonamides is 1. The minimum atomic E-state index is -3.54. The van der Waals surface area contributed by atoms with E-state index in [-0.39, 0.29) is 5.91 Å². The molecular weight excluding hydrogens is 390 g/mol. The van der Waals surface area contributed by atoms with Crippen molar-refractivity contribution in [1.82, 2.24) is 9.21 Å². The molecule has 1 aliphatic heterocycles. The molecule has 1 aliphatic rings. The summed E-state index contributed by atoms with van der Waals surface area (Å²) in [5.41, 5.74) is 1.79. The van der Waals surface area contributed by atoms with Crippen molar-refractivity contribution in [3.05, 3.63) is 53.0 Å². The summed E-state index contributed by atoms with van der Waals surface area (Å²) in [5, 5.41) is 0. The van der Waals surface area contributed by atoms with Crippen molar-refractivity contribution >= 4 is 15.9 Å². The number of likely N-dealkylation sites (N-methyl/N-ethyl adjacent to an activating group) is 1. The van der Waals surface area contributed by atoms with E-state index < -0.39 is 10.0 Å². The van der Waals surface area contributed by atoms with Crippen LogP contribution in [0.5, 0.6) is 0 Å². The molecule has 0 radical (unpaired) electrons. The second-order valence-electron chi connectivity index (χ2n) is 7.88. The van der Waals surface area contributed by atoms with Crippen molar-refractivity contribution in [2.24, 2.45) is 0 Å². The van der Waals surface area contributed by atoms with Gasteiger partial charge in [-0.3, -0.25) is 4.79 Å². The first-order valence-electron chi connectivity index (χ1n) is 9.88. The minimum absolute atomic E-state index is 0.0364. The van der Waals surface area contributed by atoms with Gasteiger partial charge < -0.3 is 14.2 Å². The highest BCUT2D eigenvalue weighted by atomic mass is 32.2. The highest BCUT2D eigenvalue weighted by Gasteiger charge is 2.31. The van der Waals surface area contributed by atoms with E-state index in [2.05, 4.69) is 0 Å². The van der Waals surface area contributed by atoms with Gasteiger partial charge in [0.25, 0.3) is 5.91 Å². The minimum Gasteiger partial charge on any atom is -0.460 e. The average Bonchev–Trinajstić information content (AvgIpc) is 3.06. The summed E-state index contributed by atoms with van der Waals surface area (Å²) >= 11 is 0. The van der Waals surface area contributed by atoms with Crippen LogP contribution in [0.15, 0.2) is 39.6 Å². The summed E-state index contributed by atoms with van der Waals surface area (Å²) in [7, 11) is -1.59. The fraction of sp³-hybridized carbons (Fsp3) is 0.476. The monoisotopic (exact) mass is 420 g/mol. The Bertz CT molecular complexity index is 976. The molecule has 0 bridgehead atoms. The van der Waals surface area contributed by atoms with Gasteiger partial charge >= 0.3 is 0 Å².